The van der Waals surface area contributed by atoms with E-state index in [1.165, 1.54) is 35.2 Å². The summed E-state index contributed by atoms with van der Waals surface area (Å²) >= 11 is 6.39. The van der Waals surface area contributed by atoms with Crippen molar-refractivity contribution >= 4 is 43.5 Å². The van der Waals surface area contributed by atoms with E-state index in [1.807, 2.05) is 0 Å². The van der Waals surface area contributed by atoms with Gasteiger partial charge in [-0.15, -0.1) is 0 Å². The van der Waals surface area contributed by atoms with Gasteiger partial charge in [-0.2, -0.15) is 0 Å². The smallest absolute Gasteiger partial charge is 0.258 e. The van der Waals surface area contributed by atoms with Crippen molar-refractivity contribution in [2.24, 2.45) is 0 Å². The van der Waals surface area contributed by atoms with Gasteiger partial charge >= 0.3 is 0 Å². The fraction of sp³-hybridized carbons (Fsp3) is 0.133. The Morgan fingerprint density at radius 1 is 1.23 bits per heavy atom. The summed E-state index contributed by atoms with van der Waals surface area (Å²) in [5.41, 5.74) is 0.769. The lowest BCUT2D eigenvalue weighted by atomic mass is 10.1. The predicted octanol–water partition coefficient (Wildman–Crippen LogP) is 4.10. The van der Waals surface area contributed by atoms with Gasteiger partial charge in [-0.25, -0.2) is 4.39 Å². The van der Waals surface area contributed by atoms with Gasteiger partial charge in [0.05, 0.1) is 21.2 Å². The Morgan fingerprint density at radius 2 is 1.91 bits per heavy atom. The van der Waals surface area contributed by atoms with Crippen LogP contribution in [0.4, 0.5) is 10.1 Å². The third-order valence-electron chi connectivity index (χ3n) is 3.29. The molecule has 1 aliphatic heterocycles. The van der Waals surface area contributed by atoms with Crippen LogP contribution in [0.5, 0.6) is 11.5 Å². The topological polar surface area (TPSA) is 49.8 Å². The fourth-order valence-corrected chi connectivity index (χ4v) is 3.43. The molecule has 0 unspecified atom stereocenters. The van der Waals surface area contributed by atoms with E-state index in [0.29, 0.717) is 39.1 Å². The van der Waals surface area contributed by atoms with Crippen molar-refractivity contribution in [3.63, 3.8) is 0 Å². The number of carbonyl (C=O) groups is 1. The molecule has 2 aromatic rings. The van der Waals surface area contributed by atoms with E-state index in [2.05, 4.69) is 31.9 Å². The minimum Gasteiger partial charge on any atom is -0.506 e. The van der Waals surface area contributed by atoms with Gasteiger partial charge < -0.3 is 14.7 Å². The maximum absolute atomic E-state index is 13.5. The van der Waals surface area contributed by atoms with Gasteiger partial charge in [0.1, 0.15) is 23.9 Å². The molecule has 0 aromatic heterocycles. The molecule has 0 bridgehead atoms. The van der Waals surface area contributed by atoms with Crippen LogP contribution in [-0.4, -0.2) is 24.2 Å². The molecule has 114 valence electrons. The molecule has 0 saturated heterocycles. The largest absolute Gasteiger partial charge is 0.506 e. The Bertz CT molecular complexity index is 743. The van der Waals surface area contributed by atoms with Gasteiger partial charge in [0.15, 0.2) is 0 Å². The predicted molar refractivity (Wildman–Crippen MR) is 87.1 cm³/mol. The number of phenolic OH excluding ortho intramolecular Hbond substituents is 1. The molecule has 1 aliphatic rings. The minimum absolute atomic E-state index is 0.0185. The first-order chi connectivity index (χ1) is 10.5. The maximum atomic E-state index is 13.5. The molecule has 2 aromatic carbocycles. The average molecular weight is 431 g/mol. The second-order valence-electron chi connectivity index (χ2n) is 4.71. The normalized spacial score (nSPS) is 13.5. The number of aromatic hydroxyl groups is 1. The number of amides is 1. The van der Waals surface area contributed by atoms with Crippen LogP contribution < -0.4 is 9.64 Å². The number of nitrogens with zero attached hydrogens (tertiary/aromatic N) is 1. The van der Waals surface area contributed by atoms with E-state index < -0.39 is 5.82 Å². The number of halogens is 3. The van der Waals surface area contributed by atoms with Crippen LogP contribution in [0.25, 0.3) is 0 Å². The van der Waals surface area contributed by atoms with E-state index in [9.17, 15) is 14.3 Å². The van der Waals surface area contributed by atoms with Crippen molar-refractivity contribution in [2.75, 3.05) is 18.1 Å². The minimum atomic E-state index is -0.435. The molecular formula is C15H10Br2FNO3. The number of phenols is 1. The number of fused-ring (bicyclic) bond motifs is 1. The summed E-state index contributed by atoms with van der Waals surface area (Å²) < 4.78 is 19.7. The lowest BCUT2D eigenvalue weighted by Gasteiger charge is -2.29. The molecule has 0 atom stereocenters. The molecule has 0 saturated carbocycles. The molecule has 1 heterocycles. The highest BCUT2D eigenvalue weighted by Gasteiger charge is 2.26. The number of hydrogen-bond donors (Lipinski definition) is 1. The van der Waals surface area contributed by atoms with Gasteiger partial charge in [-0.1, -0.05) is 0 Å². The van der Waals surface area contributed by atoms with Gasteiger partial charge in [-0.3, -0.25) is 4.79 Å². The highest BCUT2D eigenvalue weighted by atomic mass is 79.9. The molecule has 3 rings (SSSR count). The maximum Gasteiger partial charge on any atom is 0.258 e. The molecular weight excluding hydrogens is 421 g/mol. The highest BCUT2D eigenvalue weighted by molar-refractivity contribution is 9.11. The van der Waals surface area contributed by atoms with E-state index in [0.717, 1.165) is 0 Å². The second kappa shape index (κ2) is 5.89. The molecule has 1 amide bonds. The third-order valence-corrected chi connectivity index (χ3v) is 4.50. The van der Waals surface area contributed by atoms with Crippen molar-refractivity contribution in [3.05, 3.63) is 50.7 Å². The molecule has 0 aliphatic carbocycles. The summed E-state index contributed by atoms with van der Waals surface area (Å²) in [6, 6.07) is 7.12. The average Bonchev–Trinajstić information content (AvgIpc) is 2.50. The van der Waals surface area contributed by atoms with Crippen LogP contribution in [0.2, 0.25) is 0 Å². The summed E-state index contributed by atoms with van der Waals surface area (Å²) in [4.78, 5) is 14.2. The monoisotopic (exact) mass is 429 g/mol. The standard InChI is InChI=1S/C15H10Br2FNO3/c16-10-5-8(6-11(17)14(10)20)15(21)19-3-4-22-13-2-1-9(18)7-12(13)19/h1-2,5-7,20H,3-4H2. The van der Waals surface area contributed by atoms with Gasteiger partial charge in [0.2, 0.25) is 0 Å². The van der Waals surface area contributed by atoms with Crippen molar-refractivity contribution in [1.29, 1.82) is 0 Å². The van der Waals surface area contributed by atoms with Crippen molar-refractivity contribution in [3.8, 4) is 11.5 Å². The Kier molecular flexibility index (Phi) is 4.10. The summed E-state index contributed by atoms with van der Waals surface area (Å²) in [6.45, 7) is 0.663. The molecule has 4 nitrogen and oxygen atoms in total. The van der Waals surface area contributed by atoms with Crippen LogP contribution in [-0.2, 0) is 0 Å². The number of carbonyl (C=O) groups excluding carboxylic acids is 1. The molecule has 0 spiro atoms. The molecule has 0 fully saturated rings. The zero-order valence-electron chi connectivity index (χ0n) is 11.1. The highest BCUT2D eigenvalue weighted by Crippen LogP contribution is 2.36. The van der Waals surface area contributed by atoms with Gasteiger partial charge in [-0.05, 0) is 56.1 Å². The number of ether oxygens (including phenoxy) is 1. The van der Waals surface area contributed by atoms with Gasteiger partial charge in [0, 0.05) is 11.6 Å². The van der Waals surface area contributed by atoms with Crippen LogP contribution in [0.1, 0.15) is 10.4 Å². The lowest BCUT2D eigenvalue weighted by molar-refractivity contribution is 0.0976. The SMILES string of the molecule is O=C(c1cc(Br)c(O)c(Br)c1)N1CCOc2ccc(F)cc21. The Hall–Kier alpha value is -1.60. The van der Waals surface area contributed by atoms with Crippen LogP contribution >= 0.6 is 31.9 Å². The number of hydrogen-bond acceptors (Lipinski definition) is 3. The van der Waals surface area contributed by atoms with E-state index in [4.69, 9.17) is 4.74 Å². The second-order valence-corrected chi connectivity index (χ2v) is 6.41. The fourth-order valence-electron chi connectivity index (χ4n) is 2.25. The van der Waals surface area contributed by atoms with E-state index in [1.54, 1.807) is 0 Å². The number of rotatable bonds is 1. The zero-order valence-corrected chi connectivity index (χ0v) is 14.3. The molecule has 22 heavy (non-hydrogen) atoms. The lowest BCUT2D eigenvalue weighted by Crippen LogP contribution is -2.38. The Labute approximate surface area is 142 Å². The van der Waals surface area contributed by atoms with Crippen molar-refractivity contribution < 1.29 is 19.0 Å². The third kappa shape index (κ3) is 2.70. The first-order valence-corrected chi connectivity index (χ1v) is 7.98. The number of anilines is 1. The van der Waals surface area contributed by atoms with E-state index in [-0.39, 0.29) is 11.7 Å². The number of benzene rings is 2. The van der Waals surface area contributed by atoms with Gasteiger partial charge in [0.25, 0.3) is 5.91 Å². The molecule has 1 N–H and O–H groups in total. The van der Waals surface area contributed by atoms with Crippen molar-refractivity contribution in [2.45, 2.75) is 0 Å². The quantitative estimate of drug-likeness (QED) is 0.741. The zero-order chi connectivity index (χ0) is 15.9. The van der Waals surface area contributed by atoms with E-state index >= 15 is 0 Å². The molecule has 7 heteroatoms. The Balaban J connectivity index is 2.02. The summed E-state index contributed by atoms with van der Waals surface area (Å²) in [7, 11) is 0. The molecule has 0 radical (unpaired) electrons. The first kappa shape index (κ1) is 15.3. The van der Waals surface area contributed by atoms with Crippen LogP contribution in [0, 0.1) is 5.82 Å². The summed E-state index contributed by atoms with van der Waals surface area (Å²) in [6.07, 6.45) is 0. The Morgan fingerprint density at radius 3 is 2.59 bits per heavy atom. The summed E-state index contributed by atoms with van der Waals surface area (Å²) in [5, 5.41) is 9.73. The van der Waals surface area contributed by atoms with Crippen LogP contribution in [0.3, 0.4) is 0 Å². The first-order valence-electron chi connectivity index (χ1n) is 6.39. The van der Waals surface area contributed by atoms with Crippen LogP contribution in [0.15, 0.2) is 39.3 Å². The van der Waals surface area contributed by atoms with Crippen molar-refractivity contribution in [1.82, 2.24) is 0 Å². The summed E-state index contributed by atoms with van der Waals surface area (Å²) in [5.74, 6) is -0.241.